The van der Waals surface area contributed by atoms with Gasteiger partial charge in [0, 0.05) is 28.5 Å². The standard InChI is InChI=1S/C14H14BrN3O2/c1-2-18-8-10(15)7-12(18)14(20)17-11-5-3-9(4-6-11)13(16)19/h3-8H,2H2,1H3,(H2,16,19)(H,17,20). The number of amides is 2. The molecule has 0 spiro atoms. The summed E-state index contributed by atoms with van der Waals surface area (Å²) >= 11 is 3.35. The van der Waals surface area contributed by atoms with Crippen molar-refractivity contribution in [1.29, 1.82) is 0 Å². The summed E-state index contributed by atoms with van der Waals surface area (Å²) in [5.74, 6) is -0.698. The number of aromatic nitrogens is 1. The zero-order valence-electron chi connectivity index (χ0n) is 10.9. The number of hydrogen-bond donors (Lipinski definition) is 2. The smallest absolute Gasteiger partial charge is 0.272 e. The molecule has 1 aromatic heterocycles. The Bertz CT molecular complexity index is 647. The predicted octanol–water partition coefficient (Wildman–Crippen LogP) is 2.62. The number of primary amides is 1. The number of hydrogen-bond acceptors (Lipinski definition) is 2. The van der Waals surface area contributed by atoms with Gasteiger partial charge in [-0.15, -0.1) is 0 Å². The average molecular weight is 336 g/mol. The molecule has 0 saturated heterocycles. The number of rotatable bonds is 4. The van der Waals surface area contributed by atoms with Crippen molar-refractivity contribution >= 4 is 33.4 Å². The second kappa shape index (κ2) is 5.92. The van der Waals surface area contributed by atoms with Gasteiger partial charge >= 0.3 is 0 Å². The number of nitrogens with two attached hydrogens (primary N) is 1. The monoisotopic (exact) mass is 335 g/mol. The Morgan fingerprint density at radius 1 is 1.30 bits per heavy atom. The van der Waals surface area contributed by atoms with E-state index in [2.05, 4.69) is 21.2 Å². The molecule has 20 heavy (non-hydrogen) atoms. The zero-order chi connectivity index (χ0) is 14.7. The van der Waals surface area contributed by atoms with Crippen molar-refractivity contribution in [2.24, 2.45) is 5.73 Å². The summed E-state index contributed by atoms with van der Waals surface area (Å²) in [6.07, 6.45) is 1.85. The SMILES string of the molecule is CCn1cc(Br)cc1C(=O)Nc1ccc(C(N)=O)cc1. The number of aryl methyl sites for hydroxylation is 1. The highest BCUT2D eigenvalue weighted by Crippen LogP contribution is 2.17. The molecule has 104 valence electrons. The summed E-state index contributed by atoms with van der Waals surface area (Å²) in [6, 6.07) is 8.20. The van der Waals surface area contributed by atoms with E-state index in [1.54, 1.807) is 30.3 Å². The first-order valence-electron chi connectivity index (χ1n) is 6.08. The molecule has 0 radical (unpaired) electrons. The van der Waals surface area contributed by atoms with Gasteiger partial charge in [0.25, 0.3) is 5.91 Å². The molecule has 2 amide bonds. The van der Waals surface area contributed by atoms with Crippen molar-refractivity contribution < 1.29 is 9.59 Å². The minimum absolute atomic E-state index is 0.204. The van der Waals surface area contributed by atoms with Crippen molar-refractivity contribution in [1.82, 2.24) is 4.57 Å². The molecule has 1 heterocycles. The number of carbonyl (C=O) groups is 2. The van der Waals surface area contributed by atoms with Gasteiger partial charge in [-0.05, 0) is 53.2 Å². The largest absolute Gasteiger partial charge is 0.366 e. The van der Waals surface area contributed by atoms with Gasteiger partial charge in [-0.2, -0.15) is 0 Å². The van der Waals surface area contributed by atoms with E-state index in [9.17, 15) is 9.59 Å². The first-order valence-corrected chi connectivity index (χ1v) is 6.87. The van der Waals surface area contributed by atoms with Crippen molar-refractivity contribution in [3.63, 3.8) is 0 Å². The molecule has 5 nitrogen and oxygen atoms in total. The molecule has 0 saturated carbocycles. The first kappa shape index (κ1) is 14.3. The Labute approximate surface area is 124 Å². The third-order valence-corrected chi connectivity index (χ3v) is 3.30. The highest BCUT2D eigenvalue weighted by atomic mass is 79.9. The van der Waals surface area contributed by atoms with Crippen LogP contribution in [-0.4, -0.2) is 16.4 Å². The Kier molecular flexibility index (Phi) is 4.24. The van der Waals surface area contributed by atoms with E-state index in [1.807, 2.05) is 17.7 Å². The van der Waals surface area contributed by atoms with Crippen LogP contribution in [0.4, 0.5) is 5.69 Å². The minimum atomic E-state index is -0.494. The Morgan fingerprint density at radius 3 is 2.50 bits per heavy atom. The van der Waals surface area contributed by atoms with E-state index in [0.717, 1.165) is 4.47 Å². The fraction of sp³-hybridized carbons (Fsp3) is 0.143. The second-order valence-corrected chi connectivity index (χ2v) is 5.14. The fourth-order valence-electron chi connectivity index (χ4n) is 1.84. The van der Waals surface area contributed by atoms with Crippen LogP contribution < -0.4 is 11.1 Å². The van der Waals surface area contributed by atoms with Crippen LogP contribution in [0.15, 0.2) is 41.0 Å². The maximum absolute atomic E-state index is 12.2. The van der Waals surface area contributed by atoms with Crippen LogP contribution in [0.1, 0.15) is 27.8 Å². The molecule has 0 aliphatic heterocycles. The van der Waals surface area contributed by atoms with E-state index in [4.69, 9.17) is 5.73 Å². The van der Waals surface area contributed by atoms with Gasteiger partial charge in [0.05, 0.1) is 0 Å². The summed E-state index contributed by atoms with van der Waals surface area (Å²) < 4.78 is 2.70. The number of nitrogens with one attached hydrogen (secondary N) is 1. The van der Waals surface area contributed by atoms with Gasteiger partial charge in [-0.25, -0.2) is 0 Å². The average Bonchev–Trinajstić information content (AvgIpc) is 2.80. The van der Waals surface area contributed by atoms with Crippen molar-refractivity contribution in [2.75, 3.05) is 5.32 Å². The Hall–Kier alpha value is -2.08. The molecular weight excluding hydrogens is 322 g/mol. The maximum Gasteiger partial charge on any atom is 0.272 e. The molecule has 2 rings (SSSR count). The second-order valence-electron chi connectivity index (χ2n) is 4.23. The third-order valence-electron chi connectivity index (χ3n) is 2.86. The van der Waals surface area contributed by atoms with Crippen molar-refractivity contribution in [2.45, 2.75) is 13.5 Å². The summed E-state index contributed by atoms with van der Waals surface area (Å²) in [6.45, 7) is 2.67. The highest BCUT2D eigenvalue weighted by Gasteiger charge is 2.12. The summed E-state index contributed by atoms with van der Waals surface area (Å²) in [5.41, 5.74) is 6.75. The van der Waals surface area contributed by atoms with Crippen LogP contribution >= 0.6 is 15.9 Å². The number of carbonyl (C=O) groups excluding carboxylic acids is 2. The quantitative estimate of drug-likeness (QED) is 0.900. The van der Waals surface area contributed by atoms with E-state index in [-0.39, 0.29) is 5.91 Å². The van der Waals surface area contributed by atoms with Gasteiger partial charge < -0.3 is 15.6 Å². The lowest BCUT2D eigenvalue weighted by Crippen LogP contribution is -2.16. The van der Waals surface area contributed by atoms with Gasteiger partial charge in [0.1, 0.15) is 5.69 Å². The molecule has 0 fully saturated rings. The van der Waals surface area contributed by atoms with Crippen molar-refractivity contribution in [3.05, 3.63) is 52.3 Å². The Morgan fingerprint density at radius 2 is 1.95 bits per heavy atom. The van der Waals surface area contributed by atoms with Crippen LogP contribution in [0.3, 0.4) is 0 Å². The molecule has 6 heteroatoms. The maximum atomic E-state index is 12.2. The number of benzene rings is 1. The summed E-state index contributed by atoms with van der Waals surface area (Å²) in [7, 11) is 0. The van der Waals surface area contributed by atoms with Gasteiger partial charge in [0.2, 0.25) is 5.91 Å². The predicted molar refractivity (Wildman–Crippen MR) is 80.7 cm³/mol. The Balaban J connectivity index is 2.16. The van der Waals surface area contributed by atoms with E-state index < -0.39 is 5.91 Å². The van der Waals surface area contributed by atoms with E-state index in [0.29, 0.717) is 23.5 Å². The van der Waals surface area contributed by atoms with Crippen LogP contribution in [0.25, 0.3) is 0 Å². The van der Waals surface area contributed by atoms with Gasteiger partial charge in [-0.1, -0.05) is 0 Å². The normalized spacial score (nSPS) is 10.3. The topological polar surface area (TPSA) is 77.1 Å². The first-order chi connectivity index (χ1) is 9.51. The lowest BCUT2D eigenvalue weighted by molar-refractivity contribution is 0.0997. The van der Waals surface area contributed by atoms with Crippen molar-refractivity contribution in [3.8, 4) is 0 Å². The lowest BCUT2D eigenvalue weighted by Gasteiger charge is -2.08. The highest BCUT2D eigenvalue weighted by molar-refractivity contribution is 9.10. The molecular formula is C14H14BrN3O2. The molecule has 1 aromatic carbocycles. The third kappa shape index (κ3) is 3.08. The van der Waals surface area contributed by atoms with Crippen LogP contribution in [0, 0.1) is 0 Å². The van der Waals surface area contributed by atoms with E-state index in [1.165, 1.54) is 0 Å². The number of halogens is 1. The molecule has 2 aromatic rings. The van der Waals surface area contributed by atoms with Crippen LogP contribution in [0.5, 0.6) is 0 Å². The van der Waals surface area contributed by atoms with Crippen LogP contribution in [-0.2, 0) is 6.54 Å². The van der Waals surface area contributed by atoms with E-state index >= 15 is 0 Å². The molecule has 0 aliphatic rings. The lowest BCUT2D eigenvalue weighted by atomic mass is 10.2. The number of nitrogens with zero attached hydrogens (tertiary/aromatic N) is 1. The molecule has 0 aliphatic carbocycles. The summed E-state index contributed by atoms with van der Waals surface area (Å²) in [5, 5.41) is 2.78. The zero-order valence-corrected chi connectivity index (χ0v) is 12.5. The molecule has 3 N–H and O–H groups in total. The van der Waals surface area contributed by atoms with Gasteiger partial charge in [-0.3, -0.25) is 9.59 Å². The number of anilines is 1. The molecule has 0 atom stereocenters. The van der Waals surface area contributed by atoms with Gasteiger partial charge in [0.15, 0.2) is 0 Å². The van der Waals surface area contributed by atoms with Crippen LogP contribution in [0.2, 0.25) is 0 Å². The molecule has 0 unspecified atom stereocenters. The fourth-order valence-corrected chi connectivity index (χ4v) is 2.30. The minimum Gasteiger partial charge on any atom is -0.366 e. The summed E-state index contributed by atoms with van der Waals surface area (Å²) in [4.78, 5) is 23.2. The molecule has 0 bridgehead atoms.